The topological polar surface area (TPSA) is 215 Å². The smallest absolute Gasteiger partial charge is 0.422 e. The summed E-state index contributed by atoms with van der Waals surface area (Å²) in [5, 5.41) is 23.4. The Labute approximate surface area is 261 Å². The zero-order chi connectivity index (χ0) is 32.8. The molecule has 1 aromatic heterocycles. The first-order valence-electron chi connectivity index (χ1n) is 15.0. The van der Waals surface area contributed by atoms with E-state index in [1.165, 1.54) is 19.3 Å². The number of aromatic nitrogens is 2. The lowest BCUT2D eigenvalue weighted by atomic mass is 10.1. The number of H-pyrrole nitrogens is 1. The summed E-state index contributed by atoms with van der Waals surface area (Å²) in [6.45, 7) is 0.993. The molecule has 3 rings (SSSR count). The van der Waals surface area contributed by atoms with E-state index in [-0.39, 0.29) is 12.5 Å². The van der Waals surface area contributed by atoms with Crippen molar-refractivity contribution in [2.24, 2.45) is 0 Å². The maximum absolute atomic E-state index is 12.6. The fourth-order valence-electron chi connectivity index (χ4n) is 4.81. The van der Waals surface area contributed by atoms with Gasteiger partial charge in [-0.2, -0.15) is 13.1 Å². The molecule has 0 bridgehead atoms. The largest absolute Gasteiger partial charge is 0.447 e. The molecule has 1 saturated heterocycles. The van der Waals surface area contributed by atoms with E-state index >= 15 is 0 Å². The predicted octanol–water partition coefficient (Wildman–Crippen LogP) is 1.01. The molecule has 5 atom stereocenters. The summed E-state index contributed by atoms with van der Waals surface area (Å²) in [6.07, 6.45) is 1.55. The van der Waals surface area contributed by atoms with Gasteiger partial charge in [-0.25, -0.2) is 9.59 Å². The molecule has 1 aliphatic heterocycles. The molecule has 250 valence electrons. The van der Waals surface area contributed by atoms with Crippen LogP contribution in [0.1, 0.15) is 70.1 Å². The van der Waals surface area contributed by atoms with Gasteiger partial charge >= 0.3 is 22.1 Å². The third-order valence-electron chi connectivity index (χ3n) is 7.17. The number of carbonyl (C=O) groups is 2. The second kappa shape index (κ2) is 17.8. The Balaban J connectivity index is 1.48. The van der Waals surface area contributed by atoms with Crippen LogP contribution in [0.25, 0.3) is 0 Å². The Morgan fingerprint density at radius 2 is 1.71 bits per heavy atom. The summed E-state index contributed by atoms with van der Waals surface area (Å²) < 4.78 is 42.4. The van der Waals surface area contributed by atoms with E-state index in [9.17, 15) is 37.8 Å². The van der Waals surface area contributed by atoms with Crippen LogP contribution in [0.15, 0.2) is 52.2 Å². The molecule has 16 heteroatoms. The van der Waals surface area contributed by atoms with Gasteiger partial charge in [-0.3, -0.25) is 23.3 Å². The zero-order valence-electron chi connectivity index (χ0n) is 25.1. The van der Waals surface area contributed by atoms with Crippen molar-refractivity contribution >= 4 is 22.3 Å². The first kappa shape index (κ1) is 35.9. The molecule has 2 heterocycles. The van der Waals surface area contributed by atoms with Gasteiger partial charge in [0.2, 0.25) is 5.91 Å². The number of amides is 2. The molecule has 5 N–H and O–H groups in total. The number of nitrogens with one attached hydrogen (secondary N) is 3. The SMILES string of the molecule is CCCCCCCCCC(=O)NC(COC(=O)NS(=O)(=O)OC[C@H]1O[C@@H](n2ccc(=O)[nH]c2=O)C(O)C1O)Cc1ccccc1. The Kier molecular flexibility index (Phi) is 14.2. The van der Waals surface area contributed by atoms with Crippen LogP contribution in [0.2, 0.25) is 0 Å². The molecule has 1 fully saturated rings. The molecular formula is C29H42N4O11S. The number of nitrogens with zero attached hydrogens (tertiary/aromatic N) is 1. The van der Waals surface area contributed by atoms with Crippen LogP contribution in [0, 0.1) is 0 Å². The van der Waals surface area contributed by atoms with Crippen LogP contribution in [-0.4, -0.2) is 77.7 Å². The van der Waals surface area contributed by atoms with Gasteiger partial charge in [0, 0.05) is 18.7 Å². The predicted molar refractivity (Wildman–Crippen MR) is 161 cm³/mol. The fraction of sp³-hybridized carbons (Fsp3) is 0.586. The Hall–Kier alpha value is -3.57. The van der Waals surface area contributed by atoms with Crippen LogP contribution in [0.3, 0.4) is 0 Å². The maximum Gasteiger partial charge on any atom is 0.422 e. The van der Waals surface area contributed by atoms with Gasteiger partial charge in [0.1, 0.15) is 24.9 Å². The highest BCUT2D eigenvalue weighted by Crippen LogP contribution is 2.28. The van der Waals surface area contributed by atoms with Crippen LogP contribution in [0.4, 0.5) is 4.79 Å². The molecule has 15 nitrogen and oxygen atoms in total. The third-order valence-corrected chi connectivity index (χ3v) is 8.03. The molecule has 0 saturated carbocycles. The van der Waals surface area contributed by atoms with Crippen LogP contribution in [-0.2, 0) is 35.2 Å². The van der Waals surface area contributed by atoms with Gasteiger partial charge in [0.05, 0.1) is 12.6 Å². The van der Waals surface area contributed by atoms with Crippen LogP contribution >= 0.6 is 0 Å². The molecule has 2 amide bonds. The molecule has 3 unspecified atom stereocenters. The summed E-state index contributed by atoms with van der Waals surface area (Å²) in [5.74, 6) is -0.204. The van der Waals surface area contributed by atoms with Crippen molar-refractivity contribution in [3.8, 4) is 0 Å². The highest BCUT2D eigenvalue weighted by molar-refractivity contribution is 7.85. The summed E-state index contributed by atoms with van der Waals surface area (Å²) in [5.41, 5.74) is -0.735. The van der Waals surface area contributed by atoms with E-state index < -0.39 is 64.8 Å². The Morgan fingerprint density at radius 3 is 2.40 bits per heavy atom. The molecule has 0 aliphatic carbocycles. The summed E-state index contributed by atoms with van der Waals surface area (Å²) >= 11 is 0. The van der Waals surface area contributed by atoms with E-state index in [1.807, 2.05) is 35.3 Å². The van der Waals surface area contributed by atoms with E-state index in [0.29, 0.717) is 12.8 Å². The molecule has 45 heavy (non-hydrogen) atoms. The maximum atomic E-state index is 12.6. The zero-order valence-corrected chi connectivity index (χ0v) is 25.9. The van der Waals surface area contributed by atoms with Crippen molar-refractivity contribution < 1.29 is 41.9 Å². The highest BCUT2D eigenvalue weighted by atomic mass is 32.2. The minimum Gasteiger partial charge on any atom is -0.447 e. The Bertz CT molecular complexity index is 1450. The van der Waals surface area contributed by atoms with Crippen molar-refractivity contribution in [3.63, 3.8) is 0 Å². The standard InChI is InChI=1S/C29H42N4O11S/c1-2-3-4-5-6-7-11-14-23(34)30-21(17-20-12-9-8-10-13-20)18-42-29(39)32-45(40,41)43-19-22-25(36)26(37)27(44-22)33-16-15-24(35)31-28(33)38/h8-10,12-13,15-16,21-22,25-27,36-37H,2-7,11,14,17-19H2,1H3,(H,30,34)(H,32,39)(H,31,35,38)/t21?,22-,25?,26?,27-/m1/s1. The van der Waals surface area contributed by atoms with Gasteiger partial charge < -0.3 is 25.0 Å². The number of rotatable bonds is 18. The molecule has 1 aromatic carbocycles. The summed E-state index contributed by atoms with van der Waals surface area (Å²) in [7, 11) is -4.76. The number of aliphatic hydroxyl groups excluding tert-OH is 2. The lowest BCUT2D eigenvalue weighted by Gasteiger charge is -2.19. The number of unbranched alkanes of at least 4 members (excludes halogenated alkanes) is 6. The van der Waals surface area contributed by atoms with E-state index in [1.54, 1.807) is 4.72 Å². The minimum atomic E-state index is -4.76. The molecule has 2 aromatic rings. The van der Waals surface area contributed by atoms with Crippen molar-refractivity contribution in [2.45, 2.75) is 95.3 Å². The lowest BCUT2D eigenvalue weighted by molar-refractivity contribution is -0.122. The Morgan fingerprint density at radius 1 is 1.02 bits per heavy atom. The van der Waals surface area contributed by atoms with E-state index in [2.05, 4.69) is 12.2 Å². The minimum absolute atomic E-state index is 0.204. The number of benzene rings is 1. The number of carbonyl (C=O) groups excluding carboxylic acids is 2. The average Bonchev–Trinajstić information content (AvgIpc) is 3.27. The second-order valence-corrected chi connectivity index (χ2v) is 12.2. The van der Waals surface area contributed by atoms with E-state index in [0.717, 1.165) is 48.1 Å². The van der Waals surface area contributed by atoms with Gasteiger partial charge in [-0.1, -0.05) is 75.8 Å². The number of hydrogen-bond donors (Lipinski definition) is 5. The van der Waals surface area contributed by atoms with Crippen LogP contribution < -0.4 is 21.3 Å². The molecule has 0 spiro atoms. The lowest BCUT2D eigenvalue weighted by Crippen LogP contribution is -2.42. The second-order valence-electron chi connectivity index (χ2n) is 10.8. The van der Waals surface area contributed by atoms with E-state index in [4.69, 9.17) is 13.7 Å². The van der Waals surface area contributed by atoms with Gasteiger partial charge in [0.15, 0.2) is 6.23 Å². The van der Waals surface area contributed by atoms with Crippen molar-refractivity contribution in [1.29, 1.82) is 0 Å². The van der Waals surface area contributed by atoms with Gasteiger partial charge in [-0.05, 0) is 18.4 Å². The monoisotopic (exact) mass is 654 g/mol. The van der Waals surface area contributed by atoms with Crippen molar-refractivity contribution in [3.05, 3.63) is 69.0 Å². The fourth-order valence-corrected chi connectivity index (χ4v) is 5.45. The number of aromatic amines is 1. The first-order chi connectivity index (χ1) is 21.5. The highest BCUT2D eigenvalue weighted by Gasteiger charge is 2.45. The molecule has 1 aliphatic rings. The summed E-state index contributed by atoms with van der Waals surface area (Å²) in [6, 6.07) is 9.57. The normalized spacial score (nSPS) is 20.4. The number of ether oxygens (including phenoxy) is 2. The van der Waals surface area contributed by atoms with Crippen molar-refractivity contribution in [2.75, 3.05) is 13.2 Å². The van der Waals surface area contributed by atoms with Gasteiger partial charge in [-0.15, -0.1) is 0 Å². The quantitative estimate of drug-likeness (QED) is 0.143. The average molecular weight is 655 g/mol. The third kappa shape index (κ3) is 12.0. The number of aliphatic hydroxyl groups is 2. The molecule has 0 radical (unpaired) electrons. The number of hydrogen-bond acceptors (Lipinski definition) is 11. The summed E-state index contributed by atoms with van der Waals surface area (Å²) in [4.78, 5) is 50.2. The van der Waals surface area contributed by atoms with Gasteiger partial charge in [0.25, 0.3) is 5.56 Å². The first-order valence-corrected chi connectivity index (χ1v) is 16.4. The van der Waals surface area contributed by atoms with Crippen LogP contribution in [0.5, 0.6) is 0 Å². The molecular weight excluding hydrogens is 612 g/mol. The van der Waals surface area contributed by atoms with Crippen molar-refractivity contribution in [1.82, 2.24) is 19.6 Å².